The molecule has 1 N–H and O–H groups in total. The minimum atomic E-state index is -3.20. The van der Waals surface area contributed by atoms with Crippen LogP contribution in [-0.4, -0.2) is 30.7 Å². The van der Waals surface area contributed by atoms with Crippen LogP contribution < -0.4 is 0 Å². The summed E-state index contributed by atoms with van der Waals surface area (Å²) in [6, 6.07) is 9.52. The van der Waals surface area contributed by atoms with Gasteiger partial charge >= 0.3 is 5.97 Å². The third-order valence-electron chi connectivity index (χ3n) is 2.46. The maximum absolute atomic E-state index is 11.3. The van der Waals surface area contributed by atoms with Crippen molar-refractivity contribution < 1.29 is 18.3 Å². The Balaban J connectivity index is 2.16. The summed E-state index contributed by atoms with van der Waals surface area (Å²) in [5.41, 5.74) is 0.127. The molecule has 0 radical (unpaired) electrons. The highest BCUT2D eigenvalue weighted by Gasteiger charge is 2.07. The third-order valence-corrected chi connectivity index (χ3v) is 4.54. The Morgan fingerprint density at radius 2 is 1.80 bits per heavy atom. The molecule has 0 unspecified atom stereocenters. The monoisotopic (exact) mass is 309 g/mol. The molecule has 20 heavy (non-hydrogen) atoms. The van der Waals surface area contributed by atoms with Crippen molar-refractivity contribution in [1.82, 2.24) is 4.98 Å². The molecular weight excluding hydrogens is 298 g/mol. The summed E-state index contributed by atoms with van der Waals surface area (Å²) in [5, 5.41) is 9.41. The van der Waals surface area contributed by atoms with E-state index in [0.29, 0.717) is 5.03 Å². The molecule has 0 aliphatic rings. The van der Waals surface area contributed by atoms with Gasteiger partial charge in [0.1, 0.15) is 5.03 Å². The van der Waals surface area contributed by atoms with Crippen molar-refractivity contribution in [2.24, 2.45) is 0 Å². The topological polar surface area (TPSA) is 84.3 Å². The molecule has 2 rings (SSSR count). The number of carboxylic acid groups (broad SMARTS) is 1. The fourth-order valence-electron chi connectivity index (χ4n) is 1.44. The van der Waals surface area contributed by atoms with Crippen LogP contribution in [0.1, 0.15) is 10.4 Å². The lowest BCUT2D eigenvalue weighted by atomic mass is 10.3. The number of rotatable bonds is 4. The minimum absolute atomic E-state index is 0.127. The third kappa shape index (κ3) is 3.58. The standard InChI is InChI=1S/C13H11NO4S2/c1-20(17,18)11-5-3-10(4-6-11)19-12-7-2-9(8-14-12)13(15)16/h2-8H,1H3,(H,15,16). The highest BCUT2D eigenvalue weighted by molar-refractivity contribution is 7.99. The fourth-order valence-corrected chi connectivity index (χ4v) is 2.83. The Hall–Kier alpha value is -1.86. The minimum Gasteiger partial charge on any atom is -0.478 e. The van der Waals surface area contributed by atoms with Crippen LogP contribution in [-0.2, 0) is 9.84 Å². The van der Waals surface area contributed by atoms with Crippen molar-refractivity contribution in [2.45, 2.75) is 14.8 Å². The Bertz CT molecular complexity index is 722. The molecule has 1 aromatic heterocycles. The Labute approximate surface area is 120 Å². The summed E-state index contributed by atoms with van der Waals surface area (Å²) in [6.07, 6.45) is 2.44. The van der Waals surface area contributed by atoms with Crippen LogP contribution in [0, 0.1) is 0 Å². The highest BCUT2D eigenvalue weighted by Crippen LogP contribution is 2.26. The second-order valence-corrected chi connectivity index (χ2v) is 7.15. The van der Waals surface area contributed by atoms with Gasteiger partial charge in [-0.25, -0.2) is 18.2 Å². The molecule has 104 valence electrons. The number of aromatic carboxylic acids is 1. The molecule has 0 bridgehead atoms. The maximum atomic E-state index is 11.3. The number of carbonyl (C=O) groups is 1. The van der Waals surface area contributed by atoms with Crippen LogP contribution in [0.2, 0.25) is 0 Å². The van der Waals surface area contributed by atoms with E-state index in [1.807, 2.05) is 0 Å². The zero-order chi connectivity index (χ0) is 14.8. The second kappa shape index (κ2) is 5.64. The number of sulfone groups is 1. The van der Waals surface area contributed by atoms with Crippen molar-refractivity contribution in [2.75, 3.05) is 6.26 Å². The number of aromatic nitrogens is 1. The van der Waals surface area contributed by atoms with Crippen LogP contribution in [0.15, 0.2) is 57.4 Å². The van der Waals surface area contributed by atoms with Crippen molar-refractivity contribution in [3.8, 4) is 0 Å². The zero-order valence-electron chi connectivity index (χ0n) is 10.5. The molecule has 0 amide bonds. The van der Waals surface area contributed by atoms with E-state index in [-0.39, 0.29) is 10.5 Å². The van der Waals surface area contributed by atoms with Gasteiger partial charge in [-0.1, -0.05) is 11.8 Å². The van der Waals surface area contributed by atoms with E-state index in [1.54, 1.807) is 18.2 Å². The van der Waals surface area contributed by atoms with Crippen LogP contribution in [0.4, 0.5) is 0 Å². The number of pyridine rings is 1. The molecule has 0 fully saturated rings. The Morgan fingerprint density at radius 1 is 1.15 bits per heavy atom. The van der Waals surface area contributed by atoms with Crippen LogP contribution in [0.25, 0.3) is 0 Å². The summed E-state index contributed by atoms with van der Waals surface area (Å²) in [7, 11) is -3.20. The van der Waals surface area contributed by atoms with Crippen LogP contribution in [0.5, 0.6) is 0 Å². The van der Waals surface area contributed by atoms with E-state index in [2.05, 4.69) is 4.98 Å². The number of hydrogen-bond acceptors (Lipinski definition) is 5. The lowest BCUT2D eigenvalue weighted by Crippen LogP contribution is -1.97. The normalized spacial score (nSPS) is 11.2. The molecule has 7 heteroatoms. The van der Waals surface area contributed by atoms with Gasteiger partial charge in [0.05, 0.1) is 10.5 Å². The molecule has 0 aliphatic carbocycles. The van der Waals surface area contributed by atoms with Crippen molar-refractivity contribution >= 4 is 27.6 Å². The number of benzene rings is 1. The molecule has 0 atom stereocenters. The molecule has 0 aliphatic heterocycles. The van der Waals surface area contributed by atoms with Gasteiger partial charge in [-0.2, -0.15) is 0 Å². The Kier molecular flexibility index (Phi) is 4.10. The van der Waals surface area contributed by atoms with Crippen molar-refractivity contribution in [3.05, 3.63) is 48.2 Å². The van der Waals surface area contributed by atoms with Gasteiger partial charge in [0.2, 0.25) is 0 Å². The maximum Gasteiger partial charge on any atom is 0.337 e. The molecule has 1 aromatic carbocycles. The summed E-state index contributed by atoms with van der Waals surface area (Å²) < 4.78 is 22.7. The molecule has 0 saturated carbocycles. The average Bonchev–Trinajstić information content (AvgIpc) is 2.39. The van der Waals surface area contributed by atoms with Gasteiger partial charge in [-0.05, 0) is 36.4 Å². The number of carboxylic acids is 1. The van der Waals surface area contributed by atoms with E-state index in [1.165, 1.54) is 36.2 Å². The average molecular weight is 309 g/mol. The lowest BCUT2D eigenvalue weighted by molar-refractivity contribution is 0.0696. The largest absolute Gasteiger partial charge is 0.478 e. The molecule has 0 spiro atoms. The first-order valence-electron chi connectivity index (χ1n) is 5.53. The van der Waals surface area contributed by atoms with E-state index in [9.17, 15) is 13.2 Å². The quantitative estimate of drug-likeness (QED) is 0.933. The summed E-state index contributed by atoms with van der Waals surface area (Å²) >= 11 is 1.33. The van der Waals surface area contributed by atoms with Gasteiger partial charge in [-0.3, -0.25) is 0 Å². The molecular formula is C13H11NO4S2. The van der Waals surface area contributed by atoms with Gasteiger partial charge in [0.15, 0.2) is 9.84 Å². The first kappa shape index (κ1) is 14.5. The van der Waals surface area contributed by atoms with Crippen molar-refractivity contribution in [1.29, 1.82) is 0 Å². The van der Waals surface area contributed by atoms with Gasteiger partial charge < -0.3 is 5.11 Å². The van der Waals surface area contributed by atoms with E-state index in [4.69, 9.17) is 5.11 Å². The summed E-state index contributed by atoms with van der Waals surface area (Å²) in [5.74, 6) is -1.02. The predicted molar refractivity (Wildman–Crippen MR) is 74.9 cm³/mol. The number of nitrogens with zero attached hydrogens (tertiary/aromatic N) is 1. The fraction of sp³-hybridized carbons (Fsp3) is 0.0769. The van der Waals surface area contributed by atoms with E-state index < -0.39 is 15.8 Å². The van der Waals surface area contributed by atoms with Crippen molar-refractivity contribution in [3.63, 3.8) is 0 Å². The molecule has 2 aromatic rings. The molecule has 1 heterocycles. The smallest absolute Gasteiger partial charge is 0.337 e. The molecule has 0 saturated heterocycles. The summed E-state index contributed by atoms with van der Waals surface area (Å²) in [6.45, 7) is 0. The van der Waals surface area contributed by atoms with Gasteiger partial charge in [-0.15, -0.1) is 0 Å². The first-order valence-corrected chi connectivity index (χ1v) is 8.24. The van der Waals surface area contributed by atoms with Gasteiger partial charge in [0.25, 0.3) is 0 Å². The van der Waals surface area contributed by atoms with Gasteiger partial charge in [0, 0.05) is 17.3 Å². The van der Waals surface area contributed by atoms with Crippen LogP contribution >= 0.6 is 11.8 Å². The SMILES string of the molecule is CS(=O)(=O)c1ccc(Sc2ccc(C(=O)O)cn2)cc1. The second-order valence-electron chi connectivity index (χ2n) is 4.04. The predicted octanol–water partition coefficient (Wildman–Crippen LogP) is 2.33. The first-order chi connectivity index (χ1) is 9.36. The Morgan fingerprint density at radius 3 is 2.25 bits per heavy atom. The number of hydrogen-bond donors (Lipinski definition) is 1. The summed E-state index contributed by atoms with van der Waals surface area (Å²) in [4.78, 5) is 15.8. The highest BCUT2D eigenvalue weighted by atomic mass is 32.2. The zero-order valence-corrected chi connectivity index (χ0v) is 12.1. The van der Waals surface area contributed by atoms with Crippen LogP contribution in [0.3, 0.4) is 0 Å². The molecule has 5 nitrogen and oxygen atoms in total. The van der Waals surface area contributed by atoms with E-state index >= 15 is 0 Å². The van der Waals surface area contributed by atoms with E-state index in [0.717, 1.165) is 11.2 Å². The lowest BCUT2D eigenvalue weighted by Gasteiger charge is -2.03.